The van der Waals surface area contributed by atoms with Crippen molar-refractivity contribution in [2.24, 2.45) is 5.73 Å². The number of halogens is 3. The maximum absolute atomic E-state index is 13.1. The zero-order chi connectivity index (χ0) is 16.7. The number of allylic oxidation sites excluding steroid dienone is 1. The molecule has 1 saturated carbocycles. The number of nitrogens with two attached hydrogens (primary N) is 1. The van der Waals surface area contributed by atoms with Crippen LogP contribution < -0.4 is 5.73 Å². The fourth-order valence-corrected chi connectivity index (χ4v) is 2.61. The lowest BCUT2D eigenvalue weighted by Crippen LogP contribution is -2.44. The standard InChI is InChI=1S/C16H16F3N3O/c1-10(11-5-2-3-6-12(11)16(17,18)19)9-13-21-14(22-23-13)15(20)7-4-8-15/h2-3,5-6,9H,4,7-8,20H2,1H3/b10-9-. The van der Waals surface area contributed by atoms with Crippen molar-refractivity contribution in [2.45, 2.75) is 37.9 Å². The second kappa shape index (κ2) is 5.49. The van der Waals surface area contributed by atoms with Crippen molar-refractivity contribution in [3.05, 3.63) is 47.1 Å². The van der Waals surface area contributed by atoms with Gasteiger partial charge in [0.25, 0.3) is 5.89 Å². The second-order valence-electron chi connectivity index (χ2n) is 5.84. The molecule has 0 unspecified atom stereocenters. The third kappa shape index (κ3) is 3.01. The van der Waals surface area contributed by atoms with E-state index in [0.29, 0.717) is 11.4 Å². The molecule has 4 nitrogen and oxygen atoms in total. The van der Waals surface area contributed by atoms with Gasteiger partial charge in [-0.15, -0.1) is 0 Å². The van der Waals surface area contributed by atoms with Gasteiger partial charge in [-0.3, -0.25) is 0 Å². The highest BCUT2D eigenvalue weighted by molar-refractivity contribution is 5.79. The smallest absolute Gasteiger partial charge is 0.335 e. The summed E-state index contributed by atoms with van der Waals surface area (Å²) in [6.07, 6.45) is -0.395. The molecule has 2 N–H and O–H groups in total. The molecular weight excluding hydrogens is 307 g/mol. The summed E-state index contributed by atoms with van der Waals surface area (Å²) in [4.78, 5) is 4.20. The van der Waals surface area contributed by atoms with Crippen molar-refractivity contribution < 1.29 is 17.7 Å². The molecule has 122 valence electrons. The Hall–Kier alpha value is -2.15. The molecule has 0 bridgehead atoms. The first-order chi connectivity index (χ1) is 10.8. The fourth-order valence-electron chi connectivity index (χ4n) is 2.61. The van der Waals surface area contributed by atoms with Gasteiger partial charge in [0.15, 0.2) is 5.82 Å². The van der Waals surface area contributed by atoms with Crippen LogP contribution in [0.5, 0.6) is 0 Å². The highest BCUT2D eigenvalue weighted by Crippen LogP contribution is 2.38. The SMILES string of the molecule is C/C(=C/c1nc(C2(N)CCC2)no1)c1ccccc1C(F)(F)F. The summed E-state index contributed by atoms with van der Waals surface area (Å²) in [6, 6.07) is 5.39. The van der Waals surface area contributed by atoms with Crippen molar-refractivity contribution in [3.63, 3.8) is 0 Å². The molecule has 1 aliphatic rings. The van der Waals surface area contributed by atoms with Crippen molar-refractivity contribution in [1.82, 2.24) is 10.1 Å². The van der Waals surface area contributed by atoms with E-state index in [2.05, 4.69) is 10.1 Å². The molecule has 1 aromatic heterocycles. The van der Waals surface area contributed by atoms with Gasteiger partial charge in [-0.1, -0.05) is 23.4 Å². The molecule has 7 heteroatoms. The van der Waals surface area contributed by atoms with E-state index in [9.17, 15) is 13.2 Å². The van der Waals surface area contributed by atoms with Gasteiger partial charge >= 0.3 is 6.18 Å². The maximum Gasteiger partial charge on any atom is 0.416 e. The van der Waals surface area contributed by atoms with Crippen LogP contribution in [0.3, 0.4) is 0 Å². The molecule has 0 spiro atoms. The quantitative estimate of drug-likeness (QED) is 0.927. The maximum atomic E-state index is 13.1. The topological polar surface area (TPSA) is 64.9 Å². The predicted molar refractivity (Wildman–Crippen MR) is 79.0 cm³/mol. The van der Waals surface area contributed by atoms with Crippen LogP contribution in [0, 0.1) is 0 Å². The summed E-state index contributed by atoms with van der Waals surface area (Å²) in [5.74, 6) is 0.568. The lowest BCUT2D eigenvalue weighted by Gasteiger charge is -2.34. The largest absolute Gasteiger partial charge is 0.416 e. The molecule has 1 aliphatic carbocycles. The summed E-state index contributed by atoms with van der Waals surface area (Å²) >= 11 is 0. The van der Waals surface area contributed by atoms with Crippen LogP contribution in [0.2, 0.25) is 0 Å². The van der Waals surface area contributed by atoms with Gasteiger partial charge in [0.1, 0.15) is 0 Å². The zero-order valence-corrected chi connectivity index (χ0v) is 12.5. The average molecular weight is 323 g/mol. The molecule has 1 aromatic carbocycles. The van der Waals surface area contributed by atoms with Crippen LogP contribution in [-0.2, 0) is 11.7 Å². The molecule has 0 aliphatic heterocycles. The van der Waals surface area contributed by atoms with Crippen LogP contribution in [0.15, 0.2) is 28.8 Å². The lowest BCUT2D eigenvalue weighted by atomic mass is 9.77. The van der Waals surface area contributed by atoms with Crippen LogP contribution in [0.4, 0.5) is 13.2 Å². The Morgan fingerprint density at radius 2 is 2.00 bits per heavy atom. The first-order valence-corrected chi connectivity index (χ1v) is 7.27. The Labute approximate surface area is 131 Å². The van der Waals surface area contributed by atoms with Crippen molar-refractivity contribution in [2.75, 3.05) is 0 Å². The monoisotopic (exact) mass is 323 g/mol. The van der Waals surface area contributed by atoms with E-state index < -0.39 is 17.3 Å². The first-order valence-electron chi connectivity index (χ1n) is 7.27. The summed E-state index contributed by atoms with van der Waals surface area (Å²) in [6.45, 7) is 1.58. The Balaban J connectivity index is 1.92. The second-order valence-corrected chi connectivity index (χ2v) is 5.84. The van der Waals surface area contributed by atoms with E-state index in [0.717, 1.165) is 25.3 Å². The molecule has 3 rings (SSSR count). The highest BCUT2D eigenvalue weighted by Gasteiger charge is 2.39. The van der Waals surface area contributed by atoms with E-state index in [1.54, 1.807) is 13.0 Å². The molecule has 0 amide bonds. The summed E-state index contributed by atoms with van der Waals surface area (Å²) in [7, 11) is 0. The van der Waals surface area contributed by atoms with E-state index >= 15 is 0 Å². The number of alkyl halides is 3. The van der Waals surface area contributed by atoms with Crippen LogP contribution in [0.25, 0.3) is 11.6 Å². The molecule has 2 aromatic rings. The lowest BCUT2D eigenvalue weighted by molar-refractivity contribution is -0.137. The third-order valence-electron chi connectivity index (χ3n) is 4.13. The molecule has 0 radical (unpaired) electrons. The highest BCUT2D eigenvalue weighted by atomic mass is 19.4. The van der Waals surface area contributed by atoms with E-state index in [-0.39, 0.29) is 11.5 Å². The average Bonchev–Trinajstić information content (AvgIpc) is 2.92. The minimum Gasteiger partial charge on any atom is -0.335 e. The predicted octanol–water partition coefficient (Wildman–Crippen LogP) is 3.99. The van der Waals surface area contributed by atoms with Crippen LogP contribution >= 0.6 is 0 Å². The fraction of sp³-hybridized carbons (Fsp3) is 0.375. The normalized spacial score (nSPS) is 17.9. The zero-order valence-electron chi connectivity index (χ0n) is 12.5. The Bertz CT molecular complexity index is 745. The van der Waals surface area contributed by atoms with Gasteiger partial charge in [0, 0.05) is 6.08 Å². The summed E-state index contributed by atoms with van der Waals surface area (Å²) in [5.41, 5.74) is 5.34. The Morgan fingerprint density at radius 1 is 1.30 bits per heavy atom. The van der Waals surface area contributed by atoms with Gasteiger partial charge < -0.3 is 10.3 Å². The number of hydrogen-bond donors (Lipinski definition) is 1. The van der Waals surface area contributed by atoms with Crippen molar-refractivity contribution in [1.29, 1.82) is 0 Å². The molecule has 0 atom stereocenters. The van der Waals surface area contributed by atoms with Crippen LogP contribution in [0.1, 0.15) is 49.0 Å². The van der Waals surface area contributed by atoms with Crippen LogP contribution in [-0.4, -0.2) is 10.1 Å². The van der Waals surface area contributed by atoms with E-state index in [1.165, 1.54) is 18.2 Å². The molecular formula is C16H16F3N3O. The van der Waals surface area contributed by atoms with Crippen molar-refractivity contribution in [3.8, 4) is 0 Å². The van der Waals surface area contributed by atoms with Gasteiger partial charge in [-0.05, 0) is 43.4 Å². The molecule has 0 saturated heterocycles. The van der Waals surface area contributed by atoms with Gasteiger partial charge in [0.2, 0.25) is 0 Å². The molecule has 1 heterocycles. The number of benzene rings is 1. The van der Waals surface area contributed by atoms with E-state index in [1.807, 2.05) is 0 Å². The third-order valence-corrected chi connectivity index (χ3v) is 4.13. The molecule has 1 fully saturated rings. The number of nitrogens with zero attached hydrogens (tertiary/aromatic N) is 2. The number of aromatic nitrogens is 2. The number of rotatable bonds is 3. The Kier molecular flexibility index (Phi) is 3.75. The van der Waals surface area contributed by atoms with Gasteiger partial charge in [-0.2, -0.15) is 18.2 Å². The van der Waals surface area contributed by atoms with Crippen molar-refractivity contribution >= 4 is 11.6 Å². The van der Waals surface area contributed by atoms with Gasteiger partial charge in [-0.25, -0.2) is 0 Å². The summed E-state index contributed by atoms with van der Waals surface area (Å²) < 4.78 is 44.3. The minimum atomic E-state index is -4.42. The molecule has 23 heavy (non-hydrogen) atoms. The van der Waals surface area contributed by atoms with E-state index in [4.69, 9.17) is 10.3 Å². The minimum absolute atomic E-state index is 0.0888. The Morgan fingerprint density at radius 3 is 2.61 bits per heavy atom. The summed E-state index contributed by atoms with van der Waals surface area (Å²) in [5, 5.41) is 3.85. The first kappa shape index (κ1) is 15.7. The van der Waals surface area contributed by atoms with Gasteiger partial charge in [0.05, 0.1) is 11.1 Å². The number of hydrogen-bond acceptors (Lipinski definition) is 4.